The van der Waals surface area contributed by atoms with Crippen LogP contribution in [-0.2, 0) is 11.3 Å². The molecule has 0 bridgehead atoms. The predicted molar refractivity (Wildman–Crippen MR) is 85.5 cm³/mol. The van der Waals surface area contributed by atoms with Gasteiger partial charge in [0.2, 0.25) is 0 Å². The van der Waals surface area contributed by atoms with Crippen LogP contribution in [0.5, 0.6) is 5.75 Å². The minimum absolute atomic E-state index is 0.139. The van der Waals surface area contributed by atoms with Gasteiger partial charge >= 0.3 is 0 Å². The average molecular weight is 289 g/mol. The molecule has 0 N–H and O–H groups in total. The maximum absolute atomic E-state index is 11.6. The summed E-state index contributed by atoms with van der Waals surface area (Å²) in [7, 11) is 3.79. The normalized spacial score (nSPS) is 25.8. The fourth-order valence-electron chi connectivity index (χ4n) is 3.33. The van der Waals surface area contributed by atoms with Gasteiger partial charge in [0.05, 0.1) is 7.11 Å². The van der Waals surface area contributed by atoms with Crippen molar-refractivity contribution in [2.75, 3.05) is 20.7 Å². The van der Waals surface area contributed by atoms with Crippen LogP contribution in [0.1, 0.15) is 38.2 Å². The molecule has 0 aromatic heterocycles. The molecule has 0 unspecified atom stereocenters. The molecule has 116 valence electrons. The zero-order valence-corrected chi connectivity index (χ0v) is 13.5. The van der Waals surface area contributed by atoms with Crippen molar-refractivity contribution in [3.05, 3.63) is 29.8 Å². The second-order valence-electron chi connectivity index (χ2n) is 6.69. The second-order valence-corrected chi connectivity index (χ2v) is 6.69. The van der Waals surface area contributed by atoms with Gasteiger partial charge in [0.15, 0.2) is 0 Å². The number of aldehydes is 1. The Morgan fingerprint density at radius 1 is 1.38 bits per heavy atom. The molecular weight excluding hydrogens is 262 g/mol. The molecule has 1 aromatic carbocycles. The topological polar surface area (TPSA) is 29.5 Å². The van der Waals surface area contributed by atoms with Crippen LogP contribution in [0.25, 0.3) is 0 Å². The first-order valence-electron chi connectivity index (χ1n) is 7.85. The van der Waals surface area contributed by atoms with Gasteiger partial charge in [-0.25, -0.2) is 0 Å². The summed E-state index contributed by atoms with van der Waals surface area (Å²) in [4.78, 5) is 13.9. The second kappa shape index (κ2) is 7.08. The number of methoxy groups -OCH3 is 1. The third-order valence-corrected chi connectivity index (χ3v) is 4.69. The number of carbonyl (C=O) groups is 1. The molecular formula is C18H27NO2. The van der Waals surface area contributed by atoms with Crippen LogP contribution in [0.2, 0.25) is 0 Å². The van der Waals surface area contributed by atoms with E-state index in [2.05, 4.69) is 31.0 Å². The fourth-order valence-corrected chi connectivity index (χ4v) is 3.33. The number of nitrogens with zero attached hydrogens (tertiary/aromatic N) is 1. The van der Waals surface area contributed by atoms with E-state index in [0.717, 1.165) is 37.6 Å². The van der Waals surface area contributed by atoms with E-state index in [1.807, 2.05) is 12.1 Å². The fraction of sp³-hybridized carbons (Fsp3) is 0.611. The van der Waals surface area contributed by atoms with Crippen molar-refractivity contribution in [3.63, 3.8) is 0 Å². The first-order chi connectivity index (χ1) is 10.1. The molecule has 0 atom stereocenters. The minimum atomic E-state index is -0.139. The third-order valence-electron chi connectivity index (χ3n) is 4.69. The molecule has 2 rings (SSSR count). The summed E-state index contributed by atoms with van der Waals surface area (Å²) < 4.78 is 5.26. The van der Waals surface area contributed by atoms with Crippen LogP contribution in [0.4, 0.5) is 0 Å². The van der Waals surface area contributed by atoms with Gasteiger partial charge in [-0.2, -0.15) is 0 Å². The molecule has 0 radical (unpaired) electrons. The highest BCUT2D eigenvalue weighted by atomic mass is 16.5. The molecule has 1 aliphatic rings. The van der Waals surface area contributed by atoms with Gasteiger partial charge in [-0.15, -0.1) is 0 Å². The molecule has 1 aromatic rings. The number of hydrogen-bond acceptors (Lipinski definition) is 3. The van der Waals surface area contributed by atoms with Crippen molar-refractivity contribution in [2.45, 2.75) is 39.2 Å². The summed E-state index contributed by atoms with van der Waals surface area (Å²) >= 11 is 0. The lowest BCUT2D eigenvalue weighted by Gasteiger charge is -2.37. The summed E-state index contributed by atoms with van der Waals surface area (Å²) in [5.74, 6) is 1.65. The summed E-state index contributed by atoms with van der Waals surface area (Å²) in [5, 5.41) is 0. The lowest BCUT2D eigenvalue weighted by molar-refractivity contribution is -0.119. The quantitative estimate of drug-likeness (QED) is 0.750. The van der Waals surface area contributed by atoms with Gasteiger partial charge in [0.25, 0.3) is 0 Å². The zero-order chi connectivity index (χ0) is 15.3. The van der Waals surface area contributed by atoms with E-state index in [0.29, 0.717) is 0 Å². The molecule has 1 fully saturated rings. The first-order valence-corrected chi connectivity index (χ1v) is 7.85. The Labute approximate surface area is 128 Å². The average Bonchev–Trinajstić information content (AvgIpc) is 2.50. The lowest BCUT2D eigenvalue weighted by atomic mass is 9.71. The molecule has 1 saturated carbocycles. The summed E-state index contributed by atoms with van der Waals surface area (Å²) in [6.07, 6.45) is 5.61. The Hall–Kier alpha value is -1.35. The molecule has 0 heterocycles. The Bertz CT molecular complexity index is 464. The van der Waals surface area contributed by atoms with E-state index >= 15 is 0 Å². The minimum Gasteiger partial charge on any atom is -0.497 e. The van der Waals surface area contributed by atoms with E-state index < -0.39 is 0 Å². The standard InChI is InChI=1S/C18H27NO2/c1-15-7-9-18(14-20,10-8-15)13-19(2)12-16-5-4-6-17(11-16)21-3/h4-6,11,14-15H,7-10,12-13H2,1-3H3. The summed E-state index contributed by atoms with van der Waals surface area (Å²) in [6.45, 7) is 3.98. The SMILES string of the molecule is COc1cccc(CN(C)CC2(C=O)CCC(C)CC2)c1. The van der Waals surface area contributed by atoms with E-state index in [4.69, 9.17) is 4.74 Å². The van der Waals surface area contributed by atoms with Gasteiger partial charge in [0, 0.05) is 18.5 Å². The van der Waals surface area contributed by atoms with Gasteiger partial charge < -0.3 is 14.4 Å². The lowest BCUT2D eigenvalue weighted by Crippen LogP contribution is -2.39. The van der Waals surface area contributed by atoms with E-state index in [-0.39, 0.29) is 5.41 Å². The molecule has 0 aliphatic heterocycles. The summed E-state index contributed by atoms with van der Waals surface area (Å²) in [5.41, 5.74) is 1.09. The van der Waals surface area contributed by atoms with Crippen LogP contribution in [0.3, 0.4) is 0 Å². The van der Waals surface area contributed by atoms with Crippen molar-refractivity contribution < 1.29 is 9.53 Å². The third kappa shape index (κ3) is 4.31. The molecule has 21 heavy (non-hydrogen) atoms. The van der Waals surface area contributed by atoms with Crippen LogP contribution in [-0.4, -0.2) is 31.9 Å². The smallest absolute Gasteiger partial charge is 0.127 e. The maximum atomic E-state index is 11.6. The monoisotopic (exact) mass is 289 g/mol. The maximum Gasteiger partial charge on any atom is 0.127 e. The van der Waals surface area contributed by atoms with E-state index in [9.17, 15) is 4.79 Å². The molecule has 0 amide bonds. The highest BCUT2D eigenvalue weighted by Gasteiger charge is 2.34. The van der Waals surface area contributed by atoms with Crippen molar-refractivity contribution in [2.24, 2.45) is 11.3 Å². The van der Waals surface area contributed by atoms with Crippen molar-refractivity contribution in [3.8, 4) is 5.75 Å². The van der Waals surface area contributed by atoms with Crippen LogP contribution < -0.4 is 4.74 Å². The van der Waals surface area contributed by atoms with Gasteiger partial charge in [-0.3, -0.25) is 0 Å². The van der Waals surface area contributed by atoms with E-state index in [1.165, 1.54) is 24.7 Å². The van der Waals surface area contributed by atoms with Crippen LogP contribution in [0.15, 0.2) is 24.3 Å². The molecule has 0 spiro atoms. The number of rotatable bonds is 6. The van der Waals surface area contributed by atoms with E-state index in [1.54, 1.807) is 7.11 Å². The number of ether oxygens (including phenoxy) is 1. The predicted octanol–water partition coefficient (Wildman–Crippen LogP) is 3.52. The highest BCUT2D eigenvalue weighted by Crippen LogP contribution is 2.38. The molecule has 0 saturated heterocycles. The summed E-state index contributed by atoms with van der Waals surface area (Å²) in [6, 6.07) is 8.14. The van der Waals surface area contributed by atoms with Gasteiger partial charge in [0.1, 0.15) is 12.0 Å². The molecule has 3 heteroatoms. The Morgan fingerprint density at radius 3 is 2.71 bits per heavy atom. The molecule has 1 aliphatic carbocycles. The largest absolute Gasteiger partial charge is 0.497 e. The number of hydrogen-bond donors (Lipinski definition) is 0. The highest BCUT2D eigenvalue weighted by molar-refractivity contribution is 5.60. The Kier molecular flexibility index (Phi) is 5.40. The van der Waals surface area contributed by atoms with Crippen molar-refractivity contribution >= 4 is 6.29 Å². The van der Waals surface area contributed by atoms with Gasteiger partial charge in [-0.1, -0.05) is 19.1 Å². The Balaban J connectivity index is 1.96. The number of benzene rings is 1. The van der Waals surface area contributed by atoms with Crippen LogP contribution in [0, 0.1) is 11.3 Å². The van der Waals surface area contributed by atoms with Crippen molar-refractivity contribution in [1.82, 2.24) is 4.90 Å². The van der Waals surface area contributed by atoms with Gasteiger partial charge in [-0.05, 0) is 56.3 Å². The number of carbonyl (C=O) groups excluding carboxylic acids is 1. The van der Waals surface area contributed by atoms with Crippen LogP contribution >= 0.6 is 0 Å². The van der Waals surface area contributed by atoms with Crippen molar-refractivity contribution in [1.29, 1.82) is 0 Å². The Morgan fingerprint density at radius 2 is 2.10 bits per heavy atom. The zero-order valence-electron chi connectivity index (χ0n) is 13.5. The molecule has 3 nitrogen and oxygen atoms in total. The first kappa shape index (κ1) is 16.0.